The van der Waals surface area contributed by atoms with Gasteiger partial charge in [0.2, 0.25) is 0 Å². The Morgan fingerprint density at radius 3 is 2.62 bits per heavy atom. The van der Waals surface area contributed by atoms with Crippen molar-refractivity contribution in [2.75, 3.05) is 0 Å². The van der Waals surface area contributed by atoms with Gasteiger partial charge in [0.05, 0.1) is 12.2 Å². The molecule has 0 aliphatic heterocycles. The van der Waals surface area contributed by atoms with Crippen LogP contribution in [0.1, 0.15) is 64.4 Å². The van der Waals surface area contributed by atoms with Gasteiger partial charge in [0, 0.05) is 10.4 Å². The standard InChI is InChI=1S/C26H33ClO2/c1-25-11-9-19(28)15-18(25)7-8-20-21(25)10-12-26(2)22(20)14-17(24(26)29)13-16-5-3-4-6-23(16)27/h3-7,13,19-22,24,28-29H,8-12,14-15H2,1-2H3/b17-13-/t19-,20-,21+,22+,24-,25-,26+/m0/s1. The van der Waals surface area contributed by atoms with Gasteiger partial charge in [-0.3, -0.25) is 0 Å². The lowest BCUT2D eigenvalue weighted by molar-refractivity contribution is -0.0685. The van der Waals surface area contributed by atoms with Gasteiger partial charge < -0.3 is 10.2 Å². The molecule has 0 spiro atoms. The van der Waals surface area contributed by atoms with Crippen LogP contribution in [0, 0.1) is 28.6 Å². The van der Waals surface area contributed by atoms with E-state index in [1.165, 1.54) is 12.0 Å². The quantitative estimate of drug-likeness (QED) is 0.554. The van der Waals surface area contributed by atoms with E-state index in [1.807, 2.05) is 24.3 Å². The summed E-state index contributed by atoms with van der Waals surface area (Å²) in [5.74, 6) is 1.83. The number of benzene rings is 1. The molecule has 3 saturated carbocycles. The Hall–Kier alpha value is -1.09. The molecule has 5 rings (SSSR count). The van der Waals surface area contributed by atoms with Crippen LogP contribution in [0.15, 0.2) is 41.5 Å². The molecule has 29 heavy (non-hydrogen) atoms. The highest BCUT2D eigenvalue weighted by Gasteiger charge is 2.59. The highest BCUT2D eigenvalue weighted by atomic mass is 35.5. The highest BCUT2D eigenvalue weighted by Crippen LogP contribution is 2.65. The van der Waals surface area contributed by atoms with Crippen molar-refractivity contribution in [1.82, 2.24) is 0 Å². The van der Waals surface area contributed by atoms with Crippen LogP contribution in [-0.2, 0) is 0 Å². The molecule has 4 aliphatic carbocycles. The van der Waals surface area contributed by atoms with E-state index in [0.29, 0.717) is 17.8 Å². The zero-order valence-corrected chi connectivity index (χ0v) is 18.3. The molecule has 0 saturated heterocycles. The third kappa shape index (κ3) is 2.98. The van der Waals surface area contributed by atoms with Crippen LogP contribution in [0.2, 0.25) is 5.02 Å². The summed E-state index contributed by atoms with van der Waals surface area (Å²) < 4.78 is 0. The lowest BCUT2D eigenvalue weighted by Gasteiger charge is -2.57. The molecular formula is C26H33ClO2. The van der Waals surface area contributed by atoms with E-state index in [2.05, 4.69) is 26.0 Å². The minimum absolute atomic E-state index is 0.0376. The summed E-state index contributed by atoms with van der Waals surface area (Å²) in [7, 11) is 0. The molecule has 156 valence electrons. The van der Waals surface area contributed by atoms with Crippen molar-refractivity contribution in [3.63, 3.8) is 0 Å². The fourth-order valence-electron chi connectivity index (χ4n) is 7.43. The average Bonchev–Trinajstić information content (AvgIpc) is 2.95. The maximum Gasteiger partial charge on any atom is 0.0809 e. The zero-order valence-electron chi connectivity index (χ0n) is 17.6. The number of fused-ring (bicyclic) bond motifs is 5. The smallest absolute Gasteiger partial charge is 0.0809 e. The summed E-state index contributed by atoms with van der Waals surface area (Å²) in [4.78, 5) is 0. The van der Waals surface area contributed by atoms with Crippen LogP contribution in [0.4, 0.5) is 0 Å². The van der Waals surface area contributed by atoms with Gasteiger partial charge in [0.1, 0.15) is 0 Å². The Balaban J connectivity index is 1.48. The third-order valence-corrected chi connectivity index (χ3v) is 9.54. The Morgan fingerprint density at radius 1 is 1.03 bits per heavy atom. The van der Waals surface area contributed by atoms with Crippen molar-refractivity contribution in [3.8, 4) is 0 Å². The maximum atomic E-state index is 11.4. The highest BCUT2D eigenvalue weighted by molar-refractivity contribution is 6.32. The van der Waals surface area contributed by atoms with Crippen LogP contribution in [0.25, 0.3) is 6.08 Å². The van der Waals surface area contributed by atoms with Gasteiger partial charge in [-0.15, -0.1) is 0 Å². The van der Waals surface area contributed by atoms with Crippen molar-refractivity contribution >= 4 is 17.7 Å². The molecule has 1 aromatic carbocycles. The topological polar surface area (TPSA) is 40.5 Å². The van der Waals surface area contributed by atoms with Crippen molar-refractivity contribution < 1.29 is 10.2 Å². The van der Waals surface area contributed by atoms with Crippen LogP contribution >= 0.6 is 11.6 Å². The zero-order chi connectivity index (χ0) is 20.4. The summed E-state index contributed by atoms with van der Waals surface area (Å²) in [6.45, 7) is 4.77. The molecule has 0 amide bonds. The molecule has 7 atom stereocenters. The Bertz CT molecular complexity index is 873. The van der Waals surface area contributed by atoms with Crippen molar-refractivity contribution in [2.45, 2.75) is 71.0 Å². The molecule has 3 fully saturated rings. The van der Waals surface area contributed by atoms with Crippen LogP contribution in [0.5, 0.6) is 0 Å². The predicted molar refractivity (Wildman–Crippen MR) is 119 cm³/mol. The number of allylic oxidation sites excluding steroid dienone is 1. The maximum absolute atomic E-state index is 11.4. The van der Waals surface area contributed by atoms with E-state index in [1.54, 1.807) is 0 Å². The number of hydrogen-bond donors (Lipinski definition) is 2. The van der Waals surface area contributed by atoms with Gasteiger partial charge in [-0.05, 0) is 85.3 Å². The molecule has 4 aliphatic rings. The molecular weight excluding hydrogens is 380 g/mol. The molecule has 0 aromatic heterocycles. The van der Waals surface area contributed by atoms with Crippen molar-refractivity contribution in [2.24, 2.45) is 28.6 Å². The number of rotatable bonds is 1. The van der Waals surface area contributed by atoms with E-state index >= 15 is 0 Å². The number of aliphatic hydroxyl groups is 2. The first-order chi connectivity index (χ1) is 13.8. The van der Waals surface area contributed by atoms with Gasteiger partial charge in [0.15, 0.2) is 0 Å². The summed E-state index contributed by atoms with van der Waals surface area (Å²) in [6.07, 6.45) is 11.3. The number of hydrogen-bond acceptors (Lipinski definition) is 2. The average molecular weight is 413 g/mol. The third-order valence-electron chi connectivity index (χ3n) is 9.19. The summed E-state index contributed by atoms with van der Waals surface area (Å²) in [5.41, 5.74) is 3.88. The second-order valence-electron chi connectivity index (χ2n) is 10.5. The Kier molecular flexibility index (Phi) is 4.77. The Labute approximate surface area is 179 Å². The molecule has 0 heterocycles. The van der Waals surface area contributed by atoms with E-state index in [9.17, 15) is 10.2 Å². The lowest BCUT2D eigenvalue weighted by atomic mass is 9.48. The predicted octanol–water partition coefficient (Wildman–Crippen LogP) is 6.02. The number of halogens is 1. The molecule has 1 aromatic rings. The molecule has 3 heteroatoms. The first-order valence-corrected chi connectivity index (χ1v) is 11.7. The minimum atomic E-state index is -0.379. The molecule has 0 unspecified atom stereocenters. The van der Waals surface area contributed by atoms with E-state index in [0.717, 1.165) is 54.7 Å². The lowest BCUT2D eigenvalue weighted by Crippen LogP contribution is -2.51. The van der Waals surface area contributed by atoms with Crippen molar-refractivity contribution in [1.29, 1.82) is 0 Å². The van der Waals surface area contributed by atoms with Gasteiger partial charge in [0.25, 0.3) is 0 Å². The van der Waals surface area contributed by atoms with Crippen molar-refractivity contribution in [3.05, 3.63) is 52.1 Å². The van der Waals surface area contributed by atoms with Gasteiger partial charge in [-0.2, -0.15) is 0 Å². The van der Waals surface area contributed by atoms with Gasteiger partial charge in [-0.1, -0.05) is 61.4 Å². The SMILES string of the molecule is C[C@@]12CC[C@@H]3[C@H](CC=C4C[C@@H](O)CC[C@@]43C)[C@H]1C/C(=C/c1ccccc1Cl)[C@@H]2O. The van der Waals surface area contributed by atoms with Gasteiger partial charge in [-0.25, -0.2) is 0 Å². The largest absolute Gasteiger partial charge is 0.393 e. The molecule has 2 N–H and O–H groups in total. The first-order valence-electron chi connectivity index (χ1n) is 11.3. The summed E-state index contributed by atoms with van der Waals surface area (Å²) in [5, 5.41) is 22.3. The molecule has 0 bridgehead atoms. The Morgan fingerprint density at radius 2 is 1.83 bits per heavy atom. The minimum Gasteiger partial charge on any atom is -0.393 e. The summed E-state index contributed by atoms with van der Waals surface area (Å²) >= 11 is 6.40. The summed E-state index contributed by atoms with van der Waals surface area (Å²) in [6, 6.07) is 7.93. The first kappa shape index (κ1) is 19.8. The molecule has 0 radical (unpaired) electrons. The number of aliphatic hydroxyl groups excluding tert-OH is 2. The monoisotopic (exact) mass is 412 g/mol. The van der Waals surface area contributed by atoms with Crippen LogP contribution < -0.4 is 0 Å². The normalized spacial score (nSPS) is 45.3. The fourth-order valence-corrected chi connectivity index (χ4v) is 7.62. The van der Waals surface area contributed by atoms with Gasteiger partial charge >= 0.3 is 0 Å². The van der Waals surface area contributed by atoms with E-state index < -0.39 is 0 Å². The van der Waals surface area contributed by atoms with E-state index in [4.69, 9.17) is 11.6 Å². The van der Waals surface area contributed by atoms with E-state index in [-0.39, 0.29) is 23.0 Å². The molecule has 2 nitrogen and oxygen atoms in total. The van der Waals surface area contributed by atoms with Crippen LogP contribution in [-0.4, -0.2) is 22.4 Å². The second-order valence-corrected chi connectivity index (χ2v) is 11.0. The fraction of sp³-hybridized carbons (Fsp3) is 0.615. The second kappa shape index (κ2) is 6.97. The van der Waals surface area contributed by atoms with Crippen LogP contribution in [0.3, 0.4) is 0 Å².